The molecule has 5 nitrogen and oxygen atoms in total. The predicted octanol–water partition coefficient (Wildman–Crippen LogP) is 0.953. The van der Waals surface area contributed by atoms with Gasteiger partial charge in [-0.1, -0.05) is 13.3 Å². The lowest BCUT2D eigenvalue weighted by Crippen LogP contribution is -2.56. The van der Waals surface area contributed by atoms with Gasteiger partial charge < -0.3 is 10.6 Å². The first-order valence-corrected chi connectivity index (χ1v) is 6.69. The number of anilines is 1. The van der Waals surface area contributed by atoms with E-state index in [2.05, 4.69) is 32.9 Å². The Kier molecular flexibility index (Phi) is 3.83. The monoisotopic (exact) mass is 300 g/mol. The van der Waals surface area contributed by atoms with Gasteiger partial charge in [0.25, 0.3) is 5.56 Å². The Morgan fingerprint density at radius 2 is 2.29 bits per heavy atom. The van der Waals surface area contributed by atoms with Gasteiger partial charge in [0.05, 0.1) is 11.9 Å². The SMILES string of the molecule is CCCCn1ncc(N2CC(N)C2)c(Br)c1=O. The summed E-state index contributed by atoms with van der Waals surface area (Å²) in [5.41, 5.74) is 6.52. The van der Waals surface area contributed by atoms with Gasteiger partial charge >= 0.3 is 0 Å². The second-order valence-corrected chi connectivity index (χ2v) is 5.18. The number of hydrogen-bond donors (Lipinski definition) is 1. The number of halogens is 1. The molecule has 0 radical (unpaired) electrons. The average Bonchev–Trinajstić information content (AvgIpc) is 2.28. The van der Waals surface area contributed by atoms with Gasteiger partial charge in [0.2, 0.25) is 0 Å². The van der Waals surface area contributed by atoms with E-state index in [0.29, 0.717) is 11.0 Å². The summed E-state index contributed by atoms with van der Waals surface area (Å²) in [5, 5.41) is 4.20. The van der Waals surface area contributed by atoms with E-state index in [-0.39, 0.29) is 11.6 Å². The van der Waals surface area contributed by atoms with Crippen LogP contribution < -0.4 is 16.2 Å². The van der Waals surface area contributed by atoms with Crippen molar-refractivity contribution in [1.82, 2.24) is 9.78 Å². The van der Waals surface area contributed by atoms with Crippen LogP contribution in [-0.4, -0.2) is 28.9 Å². The Hall–Kier alpha value is -0.880. The zero-order valence-corrected chi connectivity index (χ0v) is 11.5. The summed E-state index contributed by atoms with van der Waals surface area (Å²) in [6.45, 7) is 4.35. The van der Waals surface area contributed by atoms with E-state index < -0.39 is 0 Å². The second-order valence-electron chi connectivity index (χ2n) is 4.39. The molecule has 2 rings (SSSR count). The fourth-order valence-electron chi connectivity index (χ4n) is 1.85. The molecule has 0 aromatic carbocycles. The Bertz CT molecular complexity index is 453. The number of unbranched alkanes of at least 4 members (excludes halogenated alkanes) is 1. The molecule has 1 aliphatic heterocycles. The number of aromatic nitrogens is 2. The molecule has 1 aromatic heterocycles. The van der Waals surface area contributed by atoms with Gasteiger partial charge in [-0.2, -0.15) is 5.10 Å². The third-order valence-electron chi connectivity index (χ3n) is 2.94. The van der Waals surface area contributed by atoms with Crippen LogP contribution in [0.4, 0.5) is 5.69 Å². The van der Waals surface area contributed by atoms with Crippen molar-refractivity contribution in [3.63, 3.8) is 0 Å². The molecule has 1 aliphatic rings. The van der Waals surface area contributed by atoms with Crippen LogP contribution >= 0.6 is 15.9 Å². The molecule has 0 spiro atoms. The molecule has 0 saturated carbocycles. The van der Waals surface area contributed by atoms with E-state index in [1.807, 2.05) is 0 Å². The van der Waals surface area contributed by atoms with Crippen molar-refractivity contribution in [2.75, 3.05) is 18.0 Å². The lowest BCUT2D eigenvalue weighted by Gasteiger charge is -2.38. The van der Waals surface area contributed by atoms with Gasteiger partial charge in [0.15, 0.2) is 0 Å². The first-order chi connectivity index (χ1) is 8.13. The molecule has 17 heavy (non-hydrogen) atoms. The van der Waals surface area contributed by atoms with E-state index in [0.717, 1.165) is 31.6 Å². The Labute approximate surface area is 109 Å². The van der Waals surface area contributed by atoms with Crippen molar-refractivity contribution < 1.29 is 0 Å². The van der Waals surface area contributed by atoms with Crippen LogP contribution in [0.25, 0.3) is 0 Å². The third-order valence-corrected chi connectivity index (χ3v) is 3.69. The van der Waals surface area contributed by atoms with Crippen LogP contribution in [0, 0.1) is 0 Å². The molecule has 94 valence electrons. The lowest BCUT2D eigenvalue weighted by molar-refractivity contribution is 0.507. The minimum atomic E-state index is -0.0589. The van der Waals surface area contributed by atoms with Crippen molar-refractivity contribution in [3.8, 4) is 0 Å². The lowest BCUT2D eigenvalue weighted by atomic mass is 10.1. The highest BCUT2D eigenvalue weighted by Crippen LogP contribution is 2.25. The number of nitrogens with two attached hydrogens (primary N) is 1. The fraction of sp³-hybridized carbons (Fsp3) is 0.636. The van der Waals surface area contributed by atoms with Crippen molar-refractivity contribution in [1.29, 1.82) is 0 Å². The van der Waals surface area contributed by atoms with Crippen LogP contribution in [-0.2, 0) is 6.54 Å². The minimum Gasteiger partial charge on any atom is -0.366 e. The van der Waals surface area contributed by atoms with E-state index in [1.54, 1.807) is 6.20 Å². The van der Waals surface area contributed by atoms with Crippen LogP contribution in [0.2, 0.25) is 0 Å². The largest absolute Gasteiger partial charge is 0.366 e. The first-order valence-electron chi connectivity index (χ1n) is 5.89. The highest BCUT2D eigenvalue weighted by Gasteiger charge is 2.26. The second kappa shape index (κ2) is 5.18. The maximum absolute atomic E-state index is 12.0. The van der Waals surface area contributed by atoms with Gasteiger partial charge in [-0.05, 0) is 22.4 Å². The topological polar surface area (TPSA) is 64.2 Å². The summed E-state index contributed by atoms with van der Waals surface area (Å²) in [6.07, 6.45) is 3.76. The minimum absolute atomic E-state index is 0.0589. The van der Waals surface area contributed by atoms with E-state index in [4.69, 9.17) is 5.73 Å². The molecule has 1 fully saturated rings. The van der Waals surface area contributed by atoms with Crippen molar-refractivity contribution in [2.45, 2.75) is 32.4 Å². The maximum atomic E-state index is 12.0. The summed E-state index contributed by atoms with van der Waals surface area (Å²) in [7, 11) is 0. The summed E-state index contributed by atoms with van der Waals surface area (Å²) in [4.78, 5) is 14.1. The molecule has 0 unspecified atom stereocenters. The van der Waals surface area contributed by atoms with Crippen molar-refractivity contribution in [2.24, 2.45) is 5.73 Å². The van der Waals surface area contributed by atoms with Gasteiger partial charge in [-0.3, -0.25) is 4.79 Å². The zero-order chi connectivity index (χ0) is 12.4. The molecule has 1 aromatic rings. The van der Waals surface area contributed by atoms with Crippen LogP contribution in [0.5, 0.6) is 0 Å². The molecule has 6 heteroatoms. The maximum Gasteiger partial charge on any atom is 0.283 e. The highest BCUT2D eigenvalue weighted by atomic mass is 79.9. The first kappa shape index (κ1) is 12.6. The van der Waals surface area contributed by atoms with Crippen LogP contribution in [0.3, 0.4) is 0 Å². The normalized spacial score (nSPS) is 16.1. The number of nitrogens with zero attached hydrogens (tertiary/aromatic N) is 3. The fourth-order valence-corrected chi connectivity index (χ4v) is 2.41. The number of aryl methyl sites for hydroxylation is 1. The predicted molar refractivity (Wildman–Crippen MR) is 71.3 cm³/mol. The number of hydrogen-bond acceptors (Lipinski definition) is 4. The average molecular weight is 301 g/mol. The summed E-state index contributed by atoms with van der Waals surface area (Å²) < 4.78 is 2.10. The summed E-state index contributed by atoms with van der Waals surface area (Å²) in [5.74, 6) is 0. The molecule has 0 aliphatic carbocycles. The number of rotatable bonds is 4. The highest BCUT2D eigenvalue weighted by molar-refractivity contribution is 9.10. The molecule has 0 atom stereocenters. The molecule has 2 heterocycles. The Morgan fingerprint density at radius 1 is 1.59 bits per heavy atom. The van der Waals surface area contributed by atoms with Gasteiger partial charge in [0.1, 0.15) is 4.47 Å². The van der Waals surface area contributed by atoms with E-state index in [1.165, 1.54) is 4.68 Å². The van der Waals surface area contributed by atoms with Crippen LogP contribution in [0.1, 0.15) is 19.8 Å². The third kappa shape index (κ3) is 2.52. The van der Waals surface area contributed by atoms with E-state index in [9.17, 15) is 4.79 Å². The molecular formula is C11H17BrN4O. The van der Waals surface area contributed by atoms with Crippen molar-refractivity contribution >= 4 is 21.6 Å². The van der Waals surface area contributed by atoms with E-state index >= 15 is 0 Å². The molecular weight excluding hydrogens is 284 g/mol. The molecule has 1 saturated heterocycles. The summed E-state index contributed by atoms with van der Waals surface area (Å²) in [6, 6.07) is 0.212. The smallest absolute Gasteiger partial charge is 0.283 e. The van der Waals surface area contributed by atoms with Crippen molar-refractivity contribution in [3.05, 3.63) is 21.0 Å². The van der Waals surface area contributed by atoms with Gasteiger partial charge in [-0.25, -0.2) is 4.68 Å². The Balaban J connectivity index is 2.20. The van der Waals surface area contributed by atoms with Gasteiger partial charge in [-0.15, -0.1) is 0 Å². The Morgan fingerprint density at radius 3 is 2.88 bits per heavy atom. The quantitative estimate of drug-likeness (QED) is 0.899. The molecule has 0 bridgehead atoms. The summed E-state index contributed by atoms with van der Waals surface area (Å²) >= 11 is 3.36. The van der Waals surface area contributed by atoms with Crippen LogP contribution in [0.15, 0.2) is 15.5 Å². The zero-order valence-electron chi connectivity index (χ0n) is 9.90. The standard InChI is InChI=1S/C11H17BrN4O/c1-2-3-4-16-11(17)10(12)9(5-14-16)15-6-8(13)7-15/h5,8H,2-4,6-7,13H2,1H3. The van der Waals surface area contributed by atoms with Gasteiger partial charge in [0, 0.05) is 25.7 Å². The molecule has 0 amide bonds. The molecule has 2 N–H and O–H groups in total.